The fourth-order valence-electron chi connectivity index (χ4n) is 1.36. The highest BCUT2D eigenvalue weighted by Gasteiger charge is 2.12. The zero-order valence-electron chi connectivity index (χ0n) is 7.91. The first kappa shape index (κ1) is 9.27. The Balaban J connectivity index is 2.94. The maximum Gasteiger partial charge on any atom is 0.0578 e. The molecule has 0 aliphatic rings. The molecule has 0 unspecified atom stereocenters. The number of aliphatic hydroxyl groups excluding tert-OH is 1. The van der Waals surface area contributed by atoms with Crippen LogP contribution in [0.3, 0.4) is 0 Å². The molecule has 0 aromatic heterocycles. The summed E-state index contributed by atoms with van der Waals surface area (Å²) in [5.41, 5.74) is 2.50. The van der Waals surface area contributed by atoms with Gasteiger partial charge >= 0.3 is 0 Å². The Hall–Kier alpha value is -0.820. The lowest BCUT2D eigenvalue weighted by molar-refractivity contribution is 0.168. The molecule has 12 heavy (non-hydrogen) atoms. The van der Waals surface area contributed by atoms with E-state index in [0.717, 1.165) is 0 Å². The predicted molar refractivity (Wildman–Crippen MR) is 51.3 cm³/mol. The summed E-state index contributed by atoms with van der Waals surface area (Å²) < 4.78 is 0. The van der Waals surface area contributed by atoms with Crippen LogP contribution < -0.4 is 0 Å². The molecular weight excluding hydrogens is 148 g/mol. The number of aliphatic hydroxyl groups is 1. The van der Waals surface area contributed by atoms with Crippen LogP contribution in [0.25, 0.3) is 0 Å². The Labute approximate surface area is 74.1 Å². The van der Waals surface area contributed by atoms with Crippen LogP contribution in [0.2, 0.25) is 0 Å². The summed E-state index contributed by atoms with van der Waals surface area (Å²) in [5.74, 6) is 0.228. The average Bonchev–Trinajstić information content (AvgIpc) is 2.04. The minimum Gasteiger partial charge on any atom is -0.393 e. The van der Waals surface area contributed by atoms with Crippen LogP contribution in [0.5, 0.6) is 0 Å². The lowest BCUT2D eigenvalue weighted by atomic mass is 9.93. The first-order valence-electron chi connectivity index (χ1n) is 4.36. The van der Waals surface area contributed by atoms with E-state index in [2.05, 4.69) is 19.1 Å². The molecule has 0 amide bonds. The van der Waals surface area contributed by atoms with Crippen LogP contribution in [-0.2, 0) is 0 Å². The molecule has 1 nitrogen and oxygen atoms in total. The summed E-state index contributed by atoms with van der Waals surface area (Å²) >= 11 is 0. The van der Waals surface area contributed by atoms with Gasteiger partial charge in [0.25, 0.3) is 0 Å². The summed E-state index contributed by atoms with van der Waals surface area (Å²) in [4.78, 5) is 0. The van der Waals surface area contributed by atoms with Crippen LogP contribution in [0.15, 0.2) is 24.3 Å². The quantitative estimate of drug-likeness (QED) is 0.712. The van der Waals surface area contributed by atoms with Crippen molar-refractivity contribution in [3.05, 3.63) is 35.4 Å². The van der Waals surface area contributed by atoms with Gasteiger partial charge < -0.3 is 5.11 Å². The van der Waals surface area contributed by atoms with Crippen molar-refractivity contribution in [3.63, 3.8) is 0 Å². The van der Waals surface area contributed by atoms with Gasteiger partial charge in [0.05, 0.1) is 6.10 Å². The number of hydrogen-bond acceptors (Lipinski definition) is 1. The Kier molecular flexibility index (Phi) is 2.88. The molecule has 2 atom stereocenters. The monoisotopic (exact) mass is 164 g/mol. The first-order chi connectivity index (χ1) is 5.63. The molecule has 0 fully saturated rings. The van der Waals surface area contributed by atoms with Gasteiger partial charge in [0.15, 0.2) is 0 Å². The highest BCUT2D eigenvalue weighted by molar-refractivity contribution is 5.29. The highest BCUT2D eigenvalue weighted by Crippen LogP contribution is 2.21. The third kappa shape index (κ3) is 1.86. The molecule has 1 rings (SSSR count). The normalized spacial score (nSPS) is 15.7. The molecule has 1 aromatic rings. The van der Waals surface area contributed by atoms with E-state index >= 15 is 0 Å². The SMILES string of the molecule is Cc1ccccc1[C@H](C)[C@H](C)O. The summed E-state index contributed by atoms with van der Waals surface area (Å²) in [5, 5.41) is 9.40. The number of hydrogen-bond donors (Lipinski definition) is 1. The minimum atomic E-state index is -0.272. The topological polar surface area (TPSA) is 20.2 Å². The van der Waals surface area contributed by atoms with Crippen LogP contribution in [0.4, 0.5) is 0 Å². The van der Waals surface area contributed by atoms with Gasteiger partial charge in [-0.05, 0) is 25.0 Å². The van der Waals surface area contributed by atoms with Gasteiger partial charge in [-0.3, -0.25) is 0 Å². The Bertz CT molecular complexity index is 253. The summed E-state index contributed by atoms with van der Waals surface area (Å²) in [7, 11) is 0. The average molecular weight is 164 g/mol. The van der Waals surface area contributed by atoms with Crippen molar-refractivity contribution in [2.24, 2.45) is 0 Å². The van der Waals surface area contributed by atoms with E-state index in [4.69, 9.17) is 0 Å². The molecule has 1 heteroatoms. The minimum absolute atomic E-state index is 0.228. The second-order valence-corrected chi connectivity index (χ2v) is 3.39. The summed E-state index contributed by atoms with van der Waals surface area (Å²) in [6.07, 6.45) is -0.272. The van der Waals surface area contributed by atoms with Crippen molar-refractivity contribution < 1.29 is 5.11 Å². The van der Waals surface area contributed by atoms with E-state index in [0.29, 0.717) is 0 Å². The zero-order valence-corrected chi connectivity index (χ0v) is 7.91. The van der Waals surface area contributed by atoms with Gasteiger partial charge in [-0.2, -0.15) is 0 Å². The molecule has 0 heterocycles. The zero-order chi connectivity index (χ0) is 9.14. The van der Waals surface area contributed by atoms with Crippen LogP contribution in [-0.4, -0.2) is 11.2 Å². The van der Waals surface area contributed by atoms with Crippen molar-refractivity contribution in [3.8, 4) is 0 Å². The van der Waals surface area contributed by atoms with Crippen molar-refractivity contribution in [1.82, 2.24) is 0 Å². The van der Waals surface area contributed by atoms with Crippen molar-refractivity contribution in [1.29, 1.82) is 0 Å². The molecule has 1 N–H and O–H groups in total. The smallest absolute Gasteiger partial charge is 0.0578 e. The summed E-state index contributed by atoms with van der Waals surface area (Å²) in [6, 6.07) is 8.19. The molecule has 0 saturated heterocycles. The van der Waals surface area contributed by atoms with Crippen molar-refractivity contribution >= 4 is 0 Å². The molecule has 0 spiro atoms. The van der Waals surface area contributed by atoms with Gasteiger partial charge in [0.1, 0.15) is 0 Å². The molecule has 0 bridgehead atoms. The van der Waals surface area contributed by atoms with E-state index in [1.807, 2.05) is 26.0 Å². The molecule has 1 aromatic carbocycles. The van der Waals surface area contributed by atoms with E-state index in [-0.39, 0.29) is 12.0 Å². The second-order valence-electron chi connectivity index (χ2n) is 3.39. The Morgan fingerprint density at radius 3 is 2.25 bits per heavy atom. The molecule has 0 aliphatic carbocycles. The van der Waals surface area contributed by atoms with Gasteiger partial charge in [0.2, 0.25) is 0 Å². The Morgan fingerprint density at radius 1 is 1.17 bits per heavy atom. The molecule has 0 radical (unpaired) electrons. The van der Waals surface area contributed by atoms with Gasteiger partial charge in [-0.25, -0.2) is 0 Å². The predicted octanol–water partition coefficient (Wildman–Crippen LogP) is 2.48. The largest absolute Gasteiger partial charge is 0.393 e. The number of benzene rings is 1. The lowest BCUT2D eigenvalue weighted by Crippen LogP contribution is -2.11. The van der Waals surface area contributed by atoms with Crippen LogP contribution in [0, 0.1) is 6.92 Å². The van der Waals surface area contributed by atoms with Gasteiger partial charge in [0, 0.05) is 5.92 Å². The van der Waals surface area contributed by atoms with E-state index in [1.54, 1.807) is 0 Å². The maximum atomic E-state index is 9.40. The number of rotatable bonds is 2. The molecular formula is C11H16O. The standard InChI is InChI=1S/C11H16O/c1-8-6-4-5-7-11(8)9(2)10(3)12/h4-7,9-10,12H,1-3H3/t9-,10+/m1/s1. The van der Waals surface area contributed by atoms with E-state index in [9.17, 15) is 5.11 Å². The Morgan fingerprint density at radius 2 is 1.75 bits per heavy atom. The fraction of sp³-hybridized carbons (Fsp3) is 0.455. The third-order valence-electron chi connectivity index (χ3n) is 2.40. The van der Waals surface area contributed by atoms with Crippen LogP contribution >= 0.6 is 0 Å². The fourth-order valence-corrected chi connectivity index (χ4v) is 1.36. The second kappa shape index (κ2) is 3.72. The van der Waals surface area contributed by atoms with Gasteiger partial charge in [-0.1, -0.05) is 31.2 Å². The molecule has 66 valence electrons. The van der Waals surface area contributed by atoms with E-state index in [1.165, 1.54) is 11.1 Å². The third-order valence-corrected chi connectivity index (χ3v) is 2.40. The van der Waals surface area contributed by atoms with Gasteiger partial charge in [-0.15, -0.1) is 0 Å². The first-order valence-corrected chi connectivity index (χ1v) is 4.36. The van der Waals surface area contributed by atoms with Crippen molar-refractivity contribution in [2.45, 2.75) is 32.8 Å². The molecule has 0 aliphatic heterocycles. The van der Waals surface area contributed by atoms with E-state index < -0.39 is 0 Å². The van der Waals surface area contributed by atoms with Crippen LogP contribution in [0.1, 0.15) is 30.9 Å². The molecule has 0 saturated carbocycles. The maximum absolute atomic E-state index is 9.40. The highest BCUT2D eigenvalue weighted by atomic mass is 16.3. The number of aryl methyl sites for hydroxylation is 1. The summed E-state index contributed by atoms with van der Waals surface area (Å²) in [6.45, 7) is 5.96. The van der Waals surface area contributed by atoms with Crippen molar-refractivity contribution in [2.75, 3.05) is 0 Å². The lowest BCUT2D eigenvalue weighted by Gasteiger charge is -2.16.